The van der Waals surface area contributed by atoms with Crippen LogP contribution in [-0.4, -0.2) is 13.1 Å². The minimum Gasteiger partial charge on any atom is -0.465 e. The van der Waals surface area contributed by atoms with Crippen LogP contribution >= 0.6 is 0 Å². The maximum Gasteiger partial charge on any atom is 0.338 e. The Balaban J connectivity index is 2.90. The van der Waals surface area contributed by atoms with Crippen molar-refractivity contribution in [3.05, 3.63) is 35.6 Å². The Morgan fingerprint density at radius 1 is 1.64 bits per heavy atom. The highest BCUT2D eigenvalue weighted by Gasteiger charge is 2.03. The summed E-state index contributed by atoms with van der Waals surface area (Å²) in [4.78, 5) is 10.7. The van der Waals surface area contributed by atoms with Crippen LogP contribution in [0.15, 0.2) is 18.2 Å². The van der Waals surface area contributed by atoms with Crippen LogP contribution in [0.1, 0.15) is 10.4 Å². The Kier molecular flexibility index (Phi) is 2.21. The van der Waals surface area contributed by atoms with Gasteiger partial charge in [-0.1, -0.05) is 0 Å². The lowest BCUT2D eigenvalue weighted by Gasteiger charge is -1.96. The molecule has 1 radical (unpaired) electrons. The van der Waals surface area contributed by atoms with Gasteiger partial charge in [-0.05, 0) is 18.2 Å². The smallest absolute Gasteiger partial charge is 0.338 e. The topological polar surface area (TPSA) is 26.3 Å². The molecule has 0 N–H and O–H groups in total. The minimum absolute atomic E-state index is 0.230. The molecule has 1 rings (SSSR count). The fraction of sp³-hybridized carbons (Fsp3) is 0.125. The van der Waals surface area contributed by atoms with Crippen LogP contribution in [0, 0.1) is 11.9 Å². The van der Waals surface area contributed by atoms with Crippen molar-refractivity contribution in [2.24, 2.45) is 0 Å². The second-order valence-electron chi connectivity index (χ2n) is 1.91. The van der Waals surface area contributed by atoms with E-state index in [1.807, 2.05) is 0 Å². The lowest BCUT2D eigenvalue weighted by atomic mass is 10.2. The fourth-order valence-corrected chi connectivity index (χ4v) is 0.643. The van der Waals surface area contributed by atoms with Gasteiger partial charge in [0.1, 0.15) is 5.82 Å². The molecule has 0 saturated heterocycles. The van der Waals surface area contributed by atoms with E-state index in [2.05, 4.69) is 10.8 Å². The highest BCUT2D eigenvalue weighted by Crippen LogP contribution is 2.02. The summed E-state index contributed by atoms with van der Waals surface area (Å²) in [5.74, 6) is -0.928. The molecule has 1 aromatic carbocycles. The molecule has 3 heteroatoms. The summed E-state index contributed by atoms with van der Waals surface area (Å²) < 4.78 is 16.7. The first-order chi connectivity index (χ1) is 5.24. The van der Waals surface area contributed by atoms with E-state index >= 15 is 0 Å². The molecule has 0 aromatic heterocycles. The molecule has 11 heavy (non-hydrogen) atoms. The summed E-state index contributed by atoms with van der Waals surface area (Å²) in [6.07, 6.45) is 0. The monoisotopic (exact) mass is 153 g/mol. The number of esters is 1. The molecule has 0 bridgehead atoms. The molecule has 0 aliphatic carbocycles. The first-order valence-electron chi connectivity index (χ1n) is 2.99. The number of carbonyl (C=O) groups excluding carboxylic acids is 1. The van der Waals surface area contributed by atoms with E-state index in [9.17, 15) is 9.18 Å². The summed E-state index contributed by atoms with van der Waals surface area (Å²) in [5, 5.41) is 0. The Labute approximate surface area is 63.6 Å². The lowest BCUT2D eigenvalue weighted by Crippen LogP contribution is -2.00. The van der Waals surface area contributed by atoms with Crippen molar-refractivity contribution in [1.82, 2.24) is 0 Å². The molecule has 57 valence electrons. The second-order valence-corrected chi connectivity index (χ2v) is 1.91. The highest BCUT2D eigenvalue weighted by atomic mass is 19.1. The predicted octanol–water partition coefficient (Wildman–Crippen LogP) is 1.41. The van der Waals surface area contributed by atoms with Gasteiger partial charge in [0.05, 0.1) is 12.7 Å². The molecule has 0 aliphatic rings. The van der Waals surface area contributed by atoms with Gasteiger partial charge in [0.2, 0.25) is 0 Å². The third kappa shape index (κ3) is 1.77. The standard InChI is InChI=1S/C8H6FO2/c1-11-8(10)6-2-4-7(9)5-3-6/h2,4-5H,1H3. The maximum absolute atomic E-state index is 12.3. The number of methoxy groups -OCH3 is 1. The Bertz CT molecular complexity index is 253. The van der Waals surface area contributed by atoms with E-state index in [0.717, 1.165) is 6.07 Å². The summed E-state index contributed by atoms with van der Waals surface area (Å²) in [6.45, 7) is 0. The third-order valence-corrected chi connectivity index (χ3v) is 1.18. The van der Waals surface area contributed by atoms with Crippen molar-refractivity contribution in [3.8, 4) is 0 Å². The van der Waals surface area contributed by atoms with E-state index in [-0.39, 0.29) is 5.56 Å². The molecule has 0 spiro atoms. The molecular weight excluding hydrogens is 147 g/mol. The van der Waals surface area contributed by atoms with Crippen LogP contribution in [0.4, 0.5) is 4.39 Å². The van der Waals surface area contributed by atoms with E-state index < -0.39 is 11.8 Å². The van der Waals surface area contributed by atoms with Crippen molar-refractivity contribution in [2.45, 2.75) is 0 Å². The second kappa shape index (κ2) is 3.14. The number of carbonyl (C=O) groups is 1. The van der Waals surface area contributed by atoms with Crippen LogP contribution in [0.2, 0.25) is 0 Å². The van der Waals surface area contributed by atoms with Crippen LogP contribution < -0.4 is 0 Å². The molecule has 0 fully saturated rings. The van der Waals surface area contributed by atoms with E-state index in [1.165, 1.54) is 19.2 Å². The zero-order valence-corrected chi connectivity index (χ0v) is 5.93. The minimum atomic E-state index is -0.509. The molecule has 0 amide bonds. The summed E-state index contributed by atoms with van der Waals surface area (Å²) in [7, 11) is 1.26. The van der Waals surface area contributed by atoms with Gasteiger partial charge in [-0.25, -0.2) is 9.18 Å². The quantitative estimate of drug-likeness (QED) is 0.570. The van der Waals surface area contributed by atoms with E-state index in [4.69, 9.17) is 0 Å². The molecule has 0 heterocycles. The number of hydrogen-bond donors (Lipinski definition) is 0. The average molecular weight is 153 g/mol. The Hall–Kier alpha value is -1.38. The molecule has 0 saturated carbocycles. The number of rotatable bonds is 1. The van der Waals surface area contributed by atoms with Gasteiger partial charge in [-0.15, -0.1) is 0 Å². The van der Waals surface area contributed by atoms with Gasteiger partial charge in [0.25, 0.3) is 0 Å². The zero-order chi connectivity index (χ0) is 8.27. The first kappa shape index (κ1) is 7.72. The highest BCUT2D eigenvalue weighted by molar-refractivity contribution is 5.88. The zero-order valence-electron chi connectivity index (χ0n) is 5.93. The van der Waals surface area contributed by atoms with Gasteiger partial charge in [0.15, 0.2) is 0 Å². The molecular formula is C8H6FO2. The average Bonchev–Trinajstić information content (AvgIpc) is 2.05. The van der Waals surface area contributed by atoms with Crippen LogP contribution in [0.3, 0.4) is 0 Å². The molecule has 0 unspecified atom stereocenters. The van der Waals surface area contributed by atoms with Crippen LogP contribution in [0.25, 0.3) is 0 Å². The van der Waals surface area contributed by atoms with Crippen molar-refractivity contribution in [3.63, 3.8) is 0 Å². The molecule has 2 nitrogen and oxygen atoms in total. The molecule has 0 atom stereocenters. The van der Waals surface area contributed by atoms with Crippen molar-refractivity contribution < 1.29 is 13.9 Å². The van der Waals surface area contributed by atoms with Gasteiger partial charge < -0.3 is 4.74 Å². The van der Waals surface area contributed by atoms with Gasteiger partial charge in [0, 0.05) is 6.07 Å². The van der Waals surface area contributed by atoms with Crippen molar-refractivity contribution >= 4 is 5.97 Å². The number of halogens is 1. The largest absolute Gasteiger partial charge is 0.465 e. The normalized spacial score (nSPS) is 9.27. The number of ether oxygens (including phenoxy) is 1. The Morgan fingerprint density at radius 3 is 2.82 bits per heavy atom. The van der Waals surface area contributed by atoms with E-state index in [1.54, 1.807) is 0 Å². The van der Waals surface area contributed by atoms with Crippen LogP contribution in [0.5, 0.6) is 0 Å². The van der Waals surface area contributed by atoms with Crippen molar-refractivity contribution in [2.75, 3.05) is 7.11 Å². The van der Waals surface area contributed by atoms with Gasteiger partial charge >= 0.3 is 5.97 Å². The van der Waals surface area contributed by atoms with Crippen LogP contribution in [-0.2, 0) is 4.74 Å². The predicted molar refractivity (Wildman–Crippen MR) is 36.6 cm³/mol. The van der Waals surface area contributed by atoms with Crippen molar-refractivity contribution in [1.29, 1.82) is 0 Å². The first-order valence-corrected chi connectivity index (χ1v) is 2.99. The van der Waals surface area contributed by atoms with Gasteiger partial charge in [-0.3, -0.25) is 0 Å². The lowest BCUT2D eigenvalue weighted by molar-refractivity contribution is 0.0600. The van der Waals surface area contributed by atoms with E-state index in [0.29, 0.717) is 0 Å². The number of hydrogen-bond acceptors (Lipinski definition) is 2. The van der Waals surface area contributed by atoms with Gasteiger partial charge in [-0.2, -0.15) is 0 Å². The maximum atomic E-state index is 12.3. The fourth-order valence-electron chi connectivity index (χ4n) is 0.643. The Morgan fingerprint density at radius 2 is 2.36 bits per heavy atom. The molecule has 1 aromatic rings. The summed E-state index contributed by atoms with van der Waals surface area (Å²) in [5.41, 5.74) is 0.230. The third-order valence-electron chi connectivity index (χ3n) is 1.18. The number of benzene rings is 1. The summed E-state index contributed by atoms with van der Waals surface area (Å²) in [6, 6.07) is 6.03. The SMILES string of the molecule is COC(=O)c1[c]cc(F)cc1. The molecule has 0 aliphatic heterocycles. The summed E-state index contributed by atoms with van der Waals surface area (Å²) >= 11 is 0.